The Kier molecular flexibility index (Phi) is 4.59. The fourth-order valence-corrected chi connectivity index (χ4v) is 2.30. The van der Waals surface area contributed by atoms with Crippen LogP contribution in [0.2, 0.25) is 0 Å². The minimum atomic E-state index is -0.0969. The minimum Gasteiger partial charge on any atom is -0.369 e. The molecule has 1 aromatic carbocycles. The van der Waals surface area contributed by atoms with Crippen LogP contribution < -0.4 is 10.2 Å². The lowest BCUT2D eigenvalue weighted by atomic mass is 10.1. The highest BCUT2D eigenvalue weighted by atomic mass is 19.1. The Morgan fingerprint density at radius 3 is 2.72 bits per heavy atom. The predicted molar refractivity (Wildman–Crippen MR) is 74.4 cm³/mol. The van der Waals surface area contributed by atoms with Gasteiger partial charge >= 0.3 is 0 Å². The van der Waals surface area contributed by atoms with Gasteiger partial charge in [-0.1, -0.05) is 19.1 Å². The van der Waals surface area contributed by atoms with Gasteiger partial charge in [-0.05, 0) is 37.8 Å². The van der Waals surface area contributed by atoms with Gasteiger partial charge < -0.3 is 10.2 Å². The van der Waals surface area contributed by atoms with Gasteiger partial charge in [0.05, 0.1) is 5.69 Å². The molecule has 1 fully saturated rings. The fourth-order valence-electron chi connectivity index (χ4n) is 2.30. The highest BCUT2D eigenvalue weighted by Gasteiger charge is 2.21. The Balaban J connectivity index is 2.17. The summed E-state index contributed by atoms with van der Waals surface area (Å²) in [5.74, 6) is -0.0969. The van der Waals surface area contributed by atoms with Crippen molar-refractivity contribution in [3.63, 3.8) is 0 Å². The van der Waals surface area contributed by atoms with E-state index in [4.69, 9.17) is 0 Å². The molecular formula is C15H23FN2. The predicted octanol–water partition coefficient (Wildman–Crippen LogP) is 3.31. The number of para-hydroxylation sites is 1. The van der Waals surface area contributed by atoms with Crippen LogP contribution in [0.25, 0.3) is 0 Å². The number of hydrogen-bond acceptors (Lipinski definition) is 2. The zero-order valence-electron chi connectivity index (χ0n) is 11.4. The number of anilines is 1. The third kappa shape index (κ3) is 3.22. The Bertz CT molecular complexity index is 388. The summed E-state index contributed by atoms with van der Waals surface area (Å²) in [6.45, 7) is 6.75. The lowest BCUT2D eigenvalue weighted by Crippen LogP contribution is -2.27. The van der Waals surface area contributed by atoms with Gasteiger partial charge in [-0.3, -0.25) is 0 Å². The molecule has 0 unspecified atom stereocenters. The zero-order chi connectivity index (χ0) is 13.0. The van der Waals surface area contributed by atoms with Crippen molar-refractivity contribution < 1.29 is 4.39 Å². The number of halogens is 1. The molecule has 0 amide bonds. The molecule has 0 saturated heterocycles. The summed E-state index contributed by atoms with van der Waals surface area (Å²) in [7, 11) is 0. The van der Waals surface area contributed by atoms with Gasteiger partial charge in [0.2, 0.25) is 0 Å². The van der Waals surface area contributed by atoms with Crippen molar-refractivity contribution in [1.82, 2.24) is 5.32 Å². The van der Waals surface area contributed by atoms with Gasteiger partial charge in [-0.15, -0.1) is 0 Å². The first-order valence-electron chi connectivity index (χ1n) is 7.02. The van der Waals surface area contributed by atoms with Crippen molar-refractivity contribution in [2.45, 2.75) is 45.7 Å². The highest BCUT2D eigenvalue weighted by Crippen LogP contribution is 2.26. The maximum Gasteiger partial charge on any atom is 0.146 e. The molecule has 2 rings (SSSR count). The summed E-state index contributed by atoms with van der Waals surface area (Å²) < 4.78 is 14.1. The van der Waals surface area contributed by atoms with Crippen LogP contribution in [0.1, 0.15) is 38.7 Å². The van der Waals surface area contributed by atoms with E-state index in [9.17, 15) is 4.39 Å². The van der Waals surface area contributed by atoms with E-state index >= 15 is 0 Å². The Morgan fingerprint density at radius 2 is 2.11 bits per heavy atom. The summed E-state index contributed by atoms with van der Waals surface area (Å²) in [4.78, 5) is 2.14. The van der Waals surface area contributed by atoms with E-state index in [1.54, 1.807) is 6.07 Å². The Hall–Kier alpha value is -1.09. The lowest BCUT2D eigenvalue weighted by molar-refractivity contribution is 0.608. The molecule has 0 spiro atoms. The summed E-state index contributed by atoms with van der Waals surface area (Å²) in [5, 5.41) is 3.47. The maximum absolute atomic E-state index is 14.1. The van der Waals surface area contributed by atoms with Crippen molar-refractivity contribution in [2.75, 3.05) is 18.0 Å². The molecule has 0 heterocycles. The van der Waals surface area contributed by atoms with Gasteiger partial charge in [0, 0.05) is 25.7 Å². The topological polar surface area (TPSA) is 15.3 Å². The van der Waals surface area contributed by atoms with E-state index in [1.165, 1.54) is 12.8 Å². The average molecular weight is 250 g/mol. The minimum absolute atomic E-state index is 0.0969. The lowest BCUT2D eigenvalue weighted by Gasteiger charge is -2.26. The van der Waals surface area contributed by atoms with Crippen molar-refractivity contribution in [2.24, 2.45) is 0 Å². The van der Waals surface area contributed by atoms with Gasteiger partial charge in [0.15, 0.2) is 0 Å². The van der Waals surface area contributed by atoms with E-state index in [-0.39, 0.29) is 5.82 Å². The van der Waals surface area contributed by atoms with Crippen LogP contribution in [0.5, 0.6) is 0 Å². The van der Waals surface area contributed by atoms with E-state index < -0.39 is 0 Å². The molecule has 0 atom stereocenters. The number of nitrogens with zero attached hydrogens (tertiary/aromatic N) is 1. The Morgan fingerprint density at radius 1 is 1.33 bits per heavy atom. The molecule has 0 aliphatic heterocycles. The molecule has 2 nitrogen and oxygen atoms in total. The van der Waals surface area contributed by atoms with Gasteiger partial charge in [-0.2, -0.15) is 0 Å². The molecule has 0 bridgehead atoms. The largest absolute Gasteiger partial charge is 0.369 e. The van der Waals surface area contributed by atoms with E-state index in [0.717, 1.165) is 37.3 Å². The number of hydrogen-bond donors (Lipinski definition) is 1. The molecule has 1 aromatic rings. The van der Waals surface area contributed by atoms with E-state index in [0.29, 0.717) is 6.04 Å². The molecule has 100 valence electrons. The quantitative estimate of drug-likeness (QED) is 0.798. The molecule has 0 aromatic heterocycles. The van der Waals surface area contributed by atoms with Crippen LogP contribution >= 0.6 is 0 Å². The third-order valence-corrected chi connectivity index (χ3v) is 3.42. The third-order valence-electron chi connectivity index (χ3n) is 3.42. The standard InChI is InChI=1S/C15H23FN2/c1-3-10-18(4-2)15-12(6-5-7-14(15)16)11-17-13-8-9-13/h5-7,13,17H,3-4,8-11H2,1-2H3. The summed E-state index contributed by atoms with van der Waals surface area (Å²) in [6, 6.07) is 6.06. The van der Waals surface area contributed by atoms with Crippen LogP contribution in [-0.4, -0.2) is 19.1 Å². The first-order chi connectivity index (χ1) is 8.76. The fraction of sp³-hybridized carbons (Fsp3) is 0.600. The molecule has 1 saturated carbocycles. The first kappa shape index (κ1) is 13.3. The van der Waals surface area contributed by atoms with Crippen LogP contribution in [0.3, 0.4) is 0 Å². The van der Waals surface area contributed by atoms with Crippen LogP contribution in [0, 0.1) is 5.82 Å². The molecule has 18 heavy (non-hydrogen) atoms. The number of benzene rings is 1. The van der Waals surface area contributed by atoms with Crippen molar-refractivity contribution in [3.05, 3.63) is 29.6 Å². The van der Waals surface area contributed by atoms with Gasteiger partial charge in [-0.25, -0.2) is 4.39 Å². The Labute approximate surface area is 109 Å². The second-order valence-corrected chi connectivity index (χ2v) is 4.98. The van der Waals surface area contributed by atoms with Crippen LogP contribution in [0.4, 0.5) is 10.1 Å². The van der Waals surface area contributed by atoms with Crippen molar-refractivity contribution in [1.29, 1.82) is 0 Å². The molecule has 3 heteroatoms. The SMILES string of the molecule is CCCN(CC)c1c(F)cccc1CNC1CC1. The highest BCUT2D eigenvalue weighted by molar-refractivity contribution is 5.54. The molecule has 1 aliphatic carbocycles. The molecular weight excluding hydrogens is 227 g/mol. The molecule has 1 N–H and O–H groups in total. The molecule has 0 radical (unpaired) electrons. The second-order valence-electron chi connectivity index (χ2n) is 4.98. The molecule has 1 aliphatic rings. The summed E-state index contributed by atoms with van der Waals surface area (Å²) in [6.07, 6.45) is 3.56. The van der Waals surface area contributed by atoms with Crippen LogP contribution in [-0.2, 0) is 6.54 Å². The average Bonchev–Trinajstić information content (AvgIpc) is 3.18. The smallest absolute Gasteiger partial charge is 0.146 e. The van der Waals surface area contributed by atoms with Gasteiger partial charge in [0.1, 0.15) is 5.82 Å². The maximum atomic E-state index is 14.1. The van der Waals surface area contributed by atoms with Gasteiger partial charge in [0.25, 0.3) is 0 Å². The second kappa shape index (κ2) is 6.19. The summed E-state index contributed by atoms with van der Waals surface area (Å²) in [5.41, 5.74) is 1.87. The van der Waals surface area contributed by atoms with Crippen molar-refractivity contribution >= 4 is 5.69 Å². The number of nitrogens with one attached hydrogen (secondary N) is 1. The van der Waals surface area contributed by atoms with E-state index in [2.05, 4.69) is 24.1 Å². The number of rotatable bonds is 7. The normalized spacial score (nSPS) is 14.8. The summed E-state index contributed by atoms with van der Waals surface area (Å²) >= 11 is 0. The zero-order valence-corrected chi connectivity index (χ0v) is 11.4. The first-order valence-corrected chi connectivity index (χ1v) is 7.02. The van der Waals surface area contributed by atoms with Crippen LogP contribution in [0.15, 0.2) is 18.2 Å². The monoisotopic (exact) mass is 250 g/mol. The van der Waals surface area contributed by atoms with E-state index in [1.807, 2.05) is 12.1 Å². The van der Waals surface area contributed by atoms with Crippen molar-refractivity contribution in [3.8, 4) is 0 Å².